The Morgan fingerprint density at radius 1 is 0.878 bits per heavy atom. The molecule has 2 aliphatic rings. The van der Waals surface area contributed by atoms with Gasteiger partial charge in [-0.3, -0.25) is 4.79 Å². The molecule has 2 heterocycles. The van der Waals surface area contributed by atoms with Crippen LogP contribution in [0.15, 0.2) is 59.5 Å². The van der Waals surface area contributed by atoms with Crippen molar-refractivity contribution in [1.29, 1.82) is 0 Å². The molecule has 1 amide bonds. The average molecular weight is 604 g/mol. The summed E-state index contributed by atoms with van der Waals surface area (Å²) in [7, 11) is -6.47. The summed E-state index contributed by atoms with van der Waals surface area (Å²) in [6.07, 6.45) is 6.38. The summed E-state index contributed by atoms with van der Waals surface area (Å²) < 4.78 is 50.0. The van der Waals surface area contributed by atoms with Crippen LogP contribution in [0, 0.1) is 11.8 Å². The van der Waals surface area contributed by atoms with Gasteiger partial charge in [-0.1, -0.05) is 30.3 Å². The van der Waals surface area contributed by atoms with Gasteiger partial charge in [-0.15, -0.1) is 0 Å². The number of nitrogens with zero attached hydrogens (tertiary/aromatic N) is 3. The number of piperidine rings is 2. The molecule has 8 nitrogen and oxygen atoms in total. The number of amides is 1. The van der Waals surface area contributed by atoms with Crippen LogP contribution in [0.1, 0.15) is 51.5 Å². The highest BCUT2D eigenvalue weighted by Gasteiger charge is 2.32. The van der Waals surface area contributed by atoms with Gasteiger partial charge in [0.15, 0.2) is 9.84 Å². The fourth-order valence-corrected chi connectivity index (χ4v) is 7.85. The van der Waals surface area contributed by atoms with Crippen LogP contribution < -0.4 is 4.90 Å². The van der Waals surface area contributed by atoms with Gasteiger partial charge in [0.05, 0.1) is 16.4 Å². The molecule has 2 aromatic rings. The third kappa shape index (κ3) is 8.40. The third-order valence-electron chi connectivity index (χ3n) is 8.57. The fourth-order valence-electron chi connectivity index (χ4n) is 5.92. The second kappa shape index (κ2) is 13.8. The molecule has 41 heavy (non-hydrogen) atoms. The maximum absolute atomic E-state index is 13.6. The highest BCUT2D eigenvalue weighted by Crippen LogP contribution is 2.26. The molecular formula is C31H45N3O5S2. The van der Waals surface area contributed by atoms with Crippen LogP contribution in [0.4, 0.5) is 5.69 Å². The molecule has 4 rings (SSSR count). The van der Waals surface area contributed by atoms with E-state index in [0.717, 1.165) is 51.0 Å². The van der Waals surface area contributed by atoms with Gasteiger partial charge in [-0.25, -0.2) is 21.1 Å². The van der Waals surface area contributed by atoms with E-state index in [1.807, 2.05) is 47.4 Å². The van der Waals surface area contributed by atoms with E-state index in [-0.39, 0.29) is 11.8 Å². The minimum absolute atomic E-state index is 0.0928. The molecule has 2 aliphatic heterocycles. The lowest BCUT2D eigenvalue weighted by Gasteiger charge is -2.34. The summed E-state index contributed by atoms with van der Waals surface area (Å²) in [6.45, 7) is 7.82. The number of sulfonamides is 1. The zero-order valence-corrected chi connectivity index (χ0v) is 26.2. The third-order valence-corrected chi connectivity index (χ3v) is 12.0. The molecule has 0 unspecified atom stereocenters. The Hall–Kier alpha value is -2.27. The molecule has 0 aromatic heterocycles. The number of benzene rings is 2. The van der Waals surface area contributed by atoms with Crippen LogP contribution in [0.3, 0.4) is 0 Å². The molecule has 2 aromatic carbocycles. The van der Waals surface area contributed by atoms with Crippen LogP contribution in [-0.2, 0) is 31.1 Å². The highest BCUT2D eigenvalue weighted by molar-refractivity contribution is 7.92. The van der Waals surface area contributed by atoms with Gasteiger partial charge in [0.2, 0.25) is 15.9 Å². The minimum Gasteiger partial charge on any atom is -0.312 e. The van der Waals surface area contributed by atoms with Gasteiger partial charge < -0.3 is 9.80 Å². The van der Waals surface area contributed by atoms with Gasteiger partial charge in [0, 0.05) is 31.2 Å². The molecule has 0 radical (unpaired) electrons. The number of carbonyl (C=O) groups excluding carboxylic acids is 1. The Kier molecular flexibility index (Phi) is 10.7. The summed E-state index contributed by atoms with van der Waals surface area (Å²) in [4.78, 5) is 18.3. The lowest BCUT2D eigenvalue weighted by molar-refractivity contribution is -0.123. The van der Waals surface area contributed by atoms with Crippen molar-refractivity contribution >= 4 is 31.5 Å². The molecule has 226 valence electrons. The summed E-state index contributed by atoms with van der Waals surface area (Å²) in [6, 6.07) is 17.2. The van der Waals surface area contributed by atoms with Crippen molar-refractivity contribution in [3.8, 4) is 0 Å². The first-order valence-corrected chi connectivity index (χ1v) is 18.2. The Morgan fingerprint density at radius 2 is 1.49 bits per heavy atom. The molecule has 0 N–H and O–H groups in total. The number of sulfone groups is 1. The molecule has 0 saturated carbocycles. The van der Waals surface area contributed by atoms with Crippen LogP contribution in [0.5, 0.6) is 0 Å². The second-order valence-corrected chi connectivity index (χ2v) is 16.3. The smallest absolute Gasteiger partial charge is 0.230 e. The van der Waals surface area contributed by atoms with Crippen molar-refractivity contribution in [2.24, 2.45) is 11.8 Å². The van der Waals surface area contributed by atoms with Crippen molar-refractivity contribution in [1.82, 2.24) is 9.21 Å². The number of hydrogen-bond acceptors (Lipinski definition) is 6. The fraction of sp³-hybridized carbons (Fsp3) is 0.581. The molecule has 0 aliphatic carbocycles. The summed E-state index contributed by atoms with van der Waals surface area (Å²) >= 11 is 0. The van der Waals surface area contributed by atoms with E-state index >= 15 is 0 Å². The summed E-state index contributed by atoms with van der Waals surface area (Å²) in [5.74, 6) is 0.512. The van der Waals surface area contributed by atoms with Crippen molar-refractivity contribution in [3.05, 3.63) is 60.2 Å². The van der Waals surface area contributed by atoms with E-state index < -0.39 is 25.1 Å². The monoisotopic (exact) mass is 603 g/mol. The number of hydrogen-bond donors (Lipinski definition) is 0. The quantitative estimate of drug-likeness (QED) is 0.382. The van der Waals surface area contributed by atoms with Crippen molar-refractivity contribution in [2.45, 2.75) is 62.5 Å². The Bertz CT molecular complexity index is 1350. The number of para-hydroxylation sites is 1. The first kappa shape index (κ1) is 31.7. The molecule has 0 atom stereocenters. The second-order valence-electron chi connectivity index (χ2n) is 11.8. The minimum atomic E-state index is -3.24. The Morgan fingerprint density at radius 3 is 2.05 bits per heavy atom. The van der Waals surface area contributed by atoms with E-state index in [1.54, 1.807) is 26.0 Å². The van der Waals surface area contributed by atoms with E-state index in [2.05, 4.69) is 4.90 Å². The predicted molar refractivity (Wildman–Crippen MR) is 164 cm³/mol. The van der Waals surface area contributed by atoms with Gasteiger partial charge in [0.25, 0.3) is 0 Å². The average Bonchev–Trinajstić information content (AvgIpc) is 2.96. The molecule has 2 fully saturated rings. The lowest BCUT2D eigenvalue weighted by atomic mass is 9.90. The molecule has 2 saturated heterocycles. The van der Waals surface area contributed by atoms with E-state index in [0.29, 0.717) is 43.3 Å². The van der Waals surface area contributed by atoms with Gasteiger partial charge in [-0.05, 0) is 108 Å². The maximum Gasteiger partial charge on any atom is 0.230 e. The first-order valence-electron chi connectivity index (χ1n) is 14.8. The number of likely N-dealkylation sites (tertiary alicyclic amines) is 1. The van der Waals surface area contributed by atoms with Crippen molar-refractivity contribution < 1.29 is 21.6 Å². The zero-order valence-electron chi connectivity index (χ0n) is 24.6. The Balaban J connectivity index is 1.26. The van der Waals surface area contributed by atoms with Crippen LogP contribution in [-0.4, -0.2) is 82.7 Å². The molecular weight excluding hydrogens is 558 g/mol. The highest BCUT2D eigenvalue weighted by atomic mass is 32.2. The van der Waals surface area contributed by atoms with Gasteiger partial charge in [-0.2, -0.15) is 0 Å². The topological polar surface area (TPSA) is 95.1 Å². The van der Waals surface area contributed by atoms with Gasteiger partial charge in [0.1, 0.15) is 0 Å². The van der Waals surface area contributed by atoms with E-state index in [4.69, 9.17) is 0 Å². The van der Waals surface area contributed by atoms with Crippen molar-refractivity contribution in [3.63, 3.8) is 0 Å². The van der Waals surface area contributed by atoms with Crippen LogP contribution in [0.2, 0.25) is 0 Å². The van der Waals surface area contributed by atoms with E-state index in [9.17, 15) is 21.6 Å². The Labute approximate surface area is 246 Å². The predicted octanol–water partition coefficient (Wildman–Crippen LogP) is 4.22. The number of rotatable bonds is 11. The standard InChI is InChI=1S/C31H45N3O5S2/c1-25(2)41(38,39)30-12-10-26(11-13-30)24-27-14-20-32(21-15-27)18-7-19-34(29-8-5-4-6-9-29)31(35)28-16-22-33(23-17-28)40(3,36)37/h4-6,8-13,25,27-28H,7,14-24H2,1-3H3. The molecule has 0 spiro atoms. The summed E-state index contributed by atoms with van der Waals surface area (Å²) in [5.41, 5.74) is 2.08. The lowest BCUT2D eigenvalue weighted by Crippen LogP contribution is -2.45. The molecule has 10 heteroatoms. The van der Waals surface area contributed by atoms with Crippen molar-refractivity contribution in [2.75, 3.05) is 50.4 Å². The number of carbonyl (C=O) groups is 1. The molecule has 0 bridgehead atoms. The van der Waals surface area contributed by atoms with Crippen LogP contribution >= 0.6 is 0 Å². The first-order chi connectivity index (χ1) is 19.4. The number of anilines is 1. The normalized spacial score (nSPS) is 18.5. The maximum atomic E-state index is 13.6. The SMILES string of the molecule is CC(C)S(=O)(=O)c1ccc(CC2CCN(CCCN(C(=O)C3CCN(S(C)(=O)=O)CC3)c3ccccc3)CC2)cc1. The zero-order chi connectivity index (χ0) is 29.6. The van der Waals surface area contributed by atoms with E-state index in [1.165, 1.54) is 16.1 Å². The summed E-state index contributed by atoms with van der Waals surface area (Å²) in [5, 5.41) is -0.421. The van der Waals surface area contributed by atoms with Crippen LogP contribution in [0.25, 0.3) is 0 Å². The van der Waals surface area contributed by atoms with Gasteiger partial charge >= 0.3 is 0 Å². The largest absolute Gasteiger partial charge is 0.312 e.